The number of fused-ring (bicyclic) bond motifs is 1. The molecule has 1 atom stereocenters. The van der Waals surface area contributed by atoms with Crippen LogP contribution in [0.25, 0.3) is 10.9 Å². The first-order valence-corrected chi connectivity index (χ1v) is 6.74. The number of nitrogens with zero attached hydrogens (tertiary/aromatic N) is 1. The number of aromatic amines is 1. The van der Waals surface area contributed by atoms with Crippen molar-refractivity contribution in [3.63, 3.8) is 0 Å². The number of H-pyrrole nitrogens is 1. The number of aliphatic hydroxyl groups is 1. The predicted octanol–water partition coefficient (Wildman–Crippen LogP) is 2.09. The summed E-state index contributed by atoms with van der Waals surface area (Å²) < 4.78 is 0. The topological polar surface area (TPSA) is 78.0 Å². The monoisotopic (exact) mass is 275 g/mol. The van der Waals surface area contributed by atoms with Gasteiger partial charge in [0.05, 0.1) is 29.9 Å². The Hall–Kier alpha value is -1.88. The molecule has 0 aliphatic carbocycles. The van der Waals surface area contributed by atoms with E-state index in [1.807, 2.05) is 12.1 Å². The SMILES string of the molecule is CC(C)(C)CC(CO)NC(=O)c1cccc2cn[nH]c12. The van der Waals surface area contributed by atoms with E-state index in [0.29, 0.717) is 12.0 Å². The maximum Gasteiger partial charge on any atom is 0.253 e. The second-order valence-corrected chi connectivity index (χ2v) is 6.26. The van der Waals surface area contributed by atoms with Gasteiger partial charge in [-0.15, -0.1) is 0 Å². The number of hydrogen-bond donors (Lipinski definition) is 3. The first-order chi connectivity index (χ1) is 9.40. The minimum atomic E-state index is -0.249. The lowest BCUT2D eigenvalue weighted by atomic mass is 9.88. The second-order valence-electron chi connectivity index (χ2n) is 6.26. The summed E-state index contributed by atoms with van der Waals surface area (Å²) in [4.78, 5) is 12.3. The van der Waals surface area contributed by atoms with Gasteiger partial charge in [0.25, 0.3) is 5.91 Å². The van der Waals surface area contributed by atoms with Crippen molar-refractivity contribution in [2.24, 2.45) is 5.41 Å². The van der Waals surface area contributed by atoms with Gasteiger partial charge >= 0.3 is 0 Å². The maximum atomic E-state index is 12.3. The van der Waals surface area contributed by atoms with Crippen molar-refractivity contribution in [2.45, 2.75) is 33.2 Å². The molecule has 0 bridgehead atoms. The lowest BCUT2D eigenvalue weighted by molar-refractivity contribution is 0.0899. The first-order valence-electron chi connectivity index (χ1n) is 6.74. The summed E-state index contributed by atoms with van der Waals surface area (Å²) in [5, 5.41) is 20.0. The summed E-state index contributed by atoms with van der Waals surface area (Å²) in [6, 6.07) is 5.22. The van der Waals surface area contributed by atoms with Gasteiger partial charge in [0.15, 0.2) is 0 Å². The molecule has 1 aromatic carbocycles. The highest BCUT2D eigenvalue weighted by Gasteiger charge is 2.21. The van der Waals surface area contributed by atoms with Gasteiger partial charge in [-0.2, -0.15) is 5.10 Å². The molecular weight excluding hydrogens is 254 g/mol. The van der Waals surface area contributed by atoms with E-state index in [2.05, 4.69) is 36.3 Å². The fraction of sp³-hybridized carbons (Fsp3) is 0.467. The van der Waals surface area contributed by atoms with Crippen LogP contribution < -0.4 is 5.32 Å². The number of aromatic nitrogens is 2. The molecule has 2 rings (SSSR count). The zero-order chi connectivity index (χ0) is 14.8. The standard InChI is InChI=1S/C15H21N3O2/c1-15(2,3)7-11(9-19)17-14(20)12-6-4-5-10-8-16-18-13(10)12/h4-6,8,11,19H,7,9H2,1-3H3,(H,16,18)(H,17,20). The molecule has 0 saturated heterocycles. The fourth-order valence-electron chi connectivity index (χ4n) is 2.32. The summed E-state index contributed by atoms with van der Waals surface area (Å²) in [6.07, 6.45) is 2.40. The van der Waals surface area contributed by atoms with Crippen LogP contribution in [0.2, 0.25) is 0 Å². The van der Waals surface area contributed by atoms with Crippen LogP contribution in [-0.2, 0) is 0 Å². The third-order valence-electron chi connectivity index (χ3n) is 3.14. The number of carbonyl (C=O) groups is 1. The van der Waals surface area contributed by atoms with E-state index in [4.69, 9.17) is 0 Å². The van der Waals surface area contributed by atoms with E-state index in [9.17, 15) is 9.90 Å². The summed E-state index contributed by atoms with van der Waals surface area (Å²) in [5.74, 6) is -0.192. The summed E-state index contributed by atoms with van der Waals surface area (Å²) in [5.41, 5.74) is 1.31. The Morgan fingerprint density at radius 2 is 2.20 bits per heavy atom. The molecule has 0 radical (unpaired) electrons. The molecule has 108 valence electrons. The van der Waals surface area contributed by atoms with Crippen LogP contribution in [0.15, 0.2) is 24.4 Å². The Morgan fingerprint density at radius 3 is 2.85 bits per heavy atom. The molecule has 0 spiro atoms. The highest BCUT2D eigenvalue weighted by atomic mass is 16.3. The minimum Gasteiger partial charge on any atom is -0.394 e. The van der Waals surface area contributed by atoms with Crippen molar-refractivity contribution in [3.8, 4) is 0 Å². The van der Waals surface area contributed by atoms with Crippen molar-refractivity contribution in [1.29, 1.82) is 0 Å². The lowest BCUT2D eigenvalue weighted by Crippen LogP contribution is -2.40. The highest BCUT2D eigenvalue weighted by molar-refractivity contribution is 6.05. The molecule has 5 nitrogen and oxygen atoms in total. The van der Waals surface area contributed by atoms with Crippen LogP contribution in [0, 0.1) is 5.41 Å². The first kappa shape index (κ1) is 14.5. The van der Waals surface area contributed by atoms with Crippen molar-refractivity contribution < 1.29 is 9.90 Å². The Kier molecular flexibility index (Phi) is 4.09. The third kappa shape index (κ3) is 3.36. The van der Waals surface area contributed by atoms with Gasteiger partial charge in [0.2, 0.25) is 0 Å². The number of para-hydroxylation sites is 1. The second kappa shape index (κ2) is 5.63. The van der Waals surface area contributed by atoms with Crippen LogP contribution >= 0.6 is 0 Å². The Labute approximate surface area is 118 Å². The number of carbonyl (C=O) groups excluding carboxylic acids is 1. The number of benzene rings is 1. The van der Waals surface area contributed by atoms with Gasteiger partial charge < -0.3 is 10.4 Å². The van der Waals surface area contributed by atoms with Gasteiger partial charge in [-0.25, -0.2) is 0 Å². The molecule has 0 fully saturated rings. The molecule has 0 saturated carbocycles. The van der Waals surface area contributed by atoms with Gasteiger partial charge in [-0.05, 0) is 17.9 Å². The molecule has 3 N–H and O–H groups in total. The average Bonchev–Trinajstić information content (AvgIpc) is 2.84. The third-order valence-corrected chi connectivity index (χ3v) is 3.14. The van der Waals surface area contributed by atoms with Gasteiger partial charge in [0, 0.05) is 5.39 Å². The van der Waals surface area contributed by atoms with E-state index in [1.165, 1.54) is 0 Å². The normalized spacial score (nSPS) is 13.4. The molecule has 1 heterocycles. The fourth-order valence-corrected chi connectivity index (χ4v) is 2.32. The molecule has 2 aromatic rings. The molecule has 20 heavy (non-hydrogen) atoms. The van der Waals surface area contributed by atoms with Crippen LogP contribution in [0.4, 0.5) is 0 Å². The van der Waals surface area contributed by atoms with Crippen LogP contribution in [0.5, 0.6) is 0 Å². The van der Waals surface area contributed by atoms with Crippen LogP contribution in [0.3, 0.4) is 0 Å². The van der Waals surface area contributed by atoms with Crippen LogP contribution in [-0.4, -0.2) is 33.9 Å². The summed E-state index contributed by atoms with van der Waals surface area (Å²) in [6.45, 7) is 6.17. The number of aliphatic hydroxyl groups excluding tert-OH is 1. The molecule has 5 heteroatoms. The number of nitrogens with one attached hydrogen (secondary N) is 2. The van der Waals surface area contributed by atoms with Gasteiger partial charge in [-0.3, -0.25) is 9.89 Å². The average molecular weight is 275 g/mol. The smallest absolute Gasteiger partial charge is 0.253 e. The molecule has 1 amide bonds. The van der Waals surface area contributed by atoms with E-state index < -0.39 is 0 Å². The van der Waals surface area contributed by atoms with E-state index in [1.54, 1.807) is 12.3 Å². The van der Waals surface area contributed by atoms with Gasteiger partial charge in [-0.1, -0.05) is 32.9 Å². The quantitative estimate of drug-likeness (QED) is 0.799. The lowest BCUT2D eigenvalue weighted by Gasteiger charge is -2.25. The van der Waals surface area contributed by atoms with Crippen LogP contribution in [0.1, 0.15) is 37.6 Å². The number of hydrogen-bond acceptors (Lipinski definition) is 3. The summed E-state index contributed by atoms with van der Waals surface area (Å²) >= 11 is 0. The largest absolute Gasteiger partial charge is 0.394 e. The predicted molar refractivity (Wildman–Crippen MR) is 78.5 cm³/mol. The Morgan fingerprint density at radius 1 is 1.45 bits per heavy atom. The van der Waals surface area contributed by atoms with E-state index >= 15 is 0 Å². The molecule has 1 aromatic heterocycles. The zero-order valence-electron chi connectivity index (χ0n) is 12.1. The number of amides is 1. The zero-order valence-corrected chi connectivity index (χ0v) is 12.1. The Balaban J connectivity index is 2.17. The van der Waals surface area contributed by atoms with Crippen molar-refractivity contribution in [1.82, 2.24) is 15.5 Å². The molecule has 0 aliphatic heterocycles. The molecule has 1 unspecified atom stereocenters. The van der Waals surface area contributed by atoms with E-state index in [0.717, 1.165) is 10.9 Å². The van der Waals surface area contributed by atoms with Gasteiger partial charge in [0.1, 0.15) is 0 Å². The van der Waals surface area contributed by atoms with E-state index in [-0.39, 0.29) is 24.0 Å². The number of rotatable bonds is 4. The maximum absolute atomic E-state index is 12.3. The molecular formula is C15H21N3O2. The van der Waals surface area contributed by atoms with Crippen molar-refractivity contribution in [2.75, 3.05) is 6.61 Å². The minimum absolute atomic E-state index is 0.0423. The molecule has 0 aliphatic rings. The Bertz CT molecular complexity index is 598. The van der Waals surface area contributed by atoms with Crippen molar-refractivity contribution in [3.05, 3.63) is 30.0 Å². The highest BCUT2D eigenvalue weighted by Crippen LogP contribution is 2.21. The summed E-state index contributed by atoms with van der Waals surface area (Å²) in [7, 11) is 0. The van der Waals surface area contributed by atoms with Crippen molar-refractivity contribution >= 4 is 16.8 Å².